The number of hydrogen-bond donors (Lipinski definition) is 0. The van der Waals surface area contributed by atoms with E-state index in [0.717, 1.165) is 62.7 Å². The summed E-state index contributed by atoms with van der Waals surface area (Å²) in [6, 6.07) is 2.75. The highest BCUT2D eigenvalue weighted by molar-refractivity contribution is 5.72. The van der Waals surface area contributed by atoms with Crippen LogP contribution in [0.5, 0.6) is 0 Å². The Labute approximate surface area is 217 Å². The molecular formula is C32H55NO2. The van der Waals surface area contributed by atoms with Gasteiger partial charge in [0.25, 0.3) is 0 Å². The fourth-order valence-corrected chi connectivity index (χ4v) is 7.46. The van der Waals surface area contributed by atoms with Crippen molar-refractivity contribution in [3.05, 3.63) is 0 Å². The van der Waals surface area contributed by atoms with Gasteiger partial charge in [0.05, 0.1) is 17.4 Å². The zero-order valence-electron chi connectivity index (χ0n) is 23.2. The molecule has 0 spiro atoms. The minimum absolute atomic E-state index is 0.0372. The van der Waals surface area contributed by atoms with Gasteiger partial charge in [-0.2, -0.15) is 5.26 Å². The first-order valence-electron chi connectivity index (χ1n) is 15.7. The number of nitriles is 1. The Hall–Kier alpha value is -1.04. The van der Waals surface area contributed by atoms with Crippen molar-refractivity contribution < 1.29 is 9.53 Å². The Morgan fingerprint density at radius 3 is 2.00 bits per heavy atom. The van der Waals surface area contributed by atoms with Gasteiger partial charge in [-0.3, -0.25) is 4.79 Å². The highest BCUT2D eigenvalue weighted by atomic mass is 16.5. The molecular weight excluding hydrogens is 430 g/mol. The van der Waals surface area contributed by atoms with Crippen LogP contribution in [0.3, 0.4) is 0 Å². The molecule has 3 saturated carbocycles. The molecule has 0 aliphatic heterocycles. The minimum atomic E-state index is -0.0372. The van der Waals surface area contributed by atoms with Crippen molar-refractivity contribution in [2.24, 2.45) is 29.1 Å². The van der Waals surface area contributed by atoms with E-state index in [0.29, 0.717) is 0 Å². The molecule has 0 unspecified atom stereocenters. The number of rotatable bonds is 13. The maximum Gasteiger partial charge on any atom is 0.309 e. The first kappa shape index (κ1) is 28.5. The lowest BCUT2D eigenvalue weighted by Gasteiger charge is -2.40. The quantitative estimate of drug-likeness (QED) is 0.193. The van der Waals surface area contributed by atoms with Gasteiger partial charge < -0.3 is 4.74 Å². The van der Waals surface area contributed by atoms with Crippen molar-refractivity contribution in [3.63, 3.8) is 0 Å². The molecule has 3 nitrogen and oxygen atoms in total. The van der Waals surface area contributed by atoms with Crippen LogP contribution >= 0.6 is 0 Å². The van der Waals surface area contributed by atoms with Crippen LogP contribution in [-0.2, 0) is 9.53 Å². The first-order chi connectivity index (χ1) is 17.1. The topological polar surface area (TPSA) is 50.1 Å². The molecule has 0 aromatic heterocycles. The third-order valence-corrected chi connectivity index (χ3v) is 10.0. The maximum atomic E-state index is 12.8. The molecule has 0 radical (unpaired) electrons. The largest absolute Gasteiger partial charge is 0.462 e. The molecule has 3 aliphatic carbocycles. The lowest BCUT2D eigenvalue weighted by Crippen LogP contribution is -2.34. The van der Waals surface area contributed by atoms with Gasteiger partial charge in [-0.25, -0.2) is 0 Å². The van der Waals surface area contributed by atoms with Crippen molar-refractivity contribution in [3.8, 4) is 6.07 Å². The summed E-state index contributed by atoms with van der Waals surface area (Å²) in [4.78, 5) is 12.8. The maximum absolute atomic E-state index is 12.8. The zero-order chi connectivity index (χ0) is 24.9. The van der Waals surface area contributed by atoms with Crippen LogP contribution in [0, 0.1) is 40.4 Å². The standard InChI is InChI=1S/C32H55NO2/c1-3-5-7-8-10-22-32(25-33)23-20-28(21-24-32)27-16-18-30(19-17-27)35-31(34)29-14-12-26(13-15-29)11-9-6-4-2/h26-30H,3-24H2,1-2H3/t26-,27?,28?,29-,30?,32?. The molecule has 3 fully saturated rings. The van der Waals surface area contributed by atoms with E-state index in [4.69, 9.17) is 4.74 Å². The van der Waals surface area contributed by atoms with E-state index in [1.807, 2.05) is 0 Å². The average molecular weight is 486 g/mol. The summed E-state index contributed by atoms with van der Waals surface area (Å²) in [7, 11) is 0. The van der Waals surface area contributed by atoms with E-state index in [-0.39, 0.29) is 23.4 Å². The SMILES string of the molecule is CCCCCCCC1(C#N)CCC(C2CCC(OC(=O)[C@H]3CC[C@H](CCCCC)CC3)CC2)CC1. The molecule has 0 heterocycles. The smallest absolute Gasteiger partial charge is 0.309 e. The second kappa shape index (κ2) is 15.3. The predicted molar refractivity (Wildman–Crippen MR) is 145 cm³/mol. The van der Waals surface area contributed by atoms with Crippen molar-refractivity contribution >= 4 is 5.97 Å². The van der Waals surface area contributed by atoms with Crippen LogP contribution in [0.15, 0.2) is 0 Å². The molecule has 0 atom stereocenters. The summed E-state index contributed by atoms with van der Waals surface area (Å²) in [5.41, 5.74) is -0.0372. The van der Waals surface area contributed by atoms with Crippen molar-refractivity contribution in [2.45, 2.75) is 161 Å². The molecule has 0 aromatic rings. The number of unbranched alkanes of at least 4 members (excludes halogenated alkanes) is 6. The summed E-state index contributed by atoms with van der Waals surface area (Å²) in [6.45, 7) is 4.53. The van der Waals surface area contributed by atoms with Crippen molar-refractivity contribution in [2.75, 3.05) is 0 Å². The summed E-state index contributed by atoms with van der Waals surface area (Å²) in [5, 5.41) is 9.93. The third kappa shape index (κ3) is 9.09. The van der Waals surface area contributed by atoms with Crippen LogP contribution in [0.25, 0.3) is 0 Å². The molecule has 3 rings (SSSR count). The molecule has 0 saturated heterocycles. The molecule has 35 heavy (non-hydrogen) atoms. The number of ether oxygens (including phenoxy) is 1. The molecule has 0 bridgehead atoms. The third-order valence-electron chi connectivity index (χ3n) is 10.0. The van der Waals surface area contributed by atoms with E-state index >= 15 is 0 Å². The molecule has 3 aliphatic rings. The van der Waals surface area contributed by atoms with E-state index in [2.05, 4.69) is 19.9 Å². The Bertz CT molecular complexity index is 628. The van der Waals surface area contributed by atoms with Crippen LogP contribution in [-0.4, -0.2) is 12.1 Å². The van der Waals surface area contributed by atoms with E-state index in [1.54, 1.807) is 0 Å². The second-order valence-corrected chi connectivity index (χ2v) is 12.6. The normalized spacial score (nSPS) is 33.7. The number of hydrogen-bond acceptors (Lipinski definition) is 3. The fourth-order valence-electron chi connectivity index (χ4n) is 7.46. The van der Waals surface area contributed by atoms with Crippen LogP contribution in [0.4, 0.5) is 0 Å². The number of esters is 1. The van der Waals surface area contributed by atoms with Crippen molar-refractivity contribution in [1.82, 2.24) is 0 Å². The summed E-state index contributed by atoms with van der Waals surface area (Å²) in [6.07, 6.45) is 26.9. The zero-order valence-corrected chi connectivity index (χ0v) is 23.2. The predicted octanol–water partition coefficient (Wildman–Crippen LogP) is 9.54. The van der Waals surface area contributed by atoms with Gasteiger partial charge in [0.1, 0.15) is 6.10 Å². The van der Waals surface area contributed by atoms with Gasteiger partial charge >= 0.3 is 5.97 Å². The number of carbonyl (C=O) groups is 1. The lowest BCUT2D eigenvalue weighted by molar-refractivity contribution is -0.157. The first-order valence-corrected chi connectivity index (χ1v) is 15.7. The summed E-state index contributed by atoms with van der Waals surface area (Å²) in [5.74, 6) is 2.68. The van der Waals surface area contributed by atoms with Crippen LogP contribution in [0.1, 0.15) is 155 Å². The number of carbonyl (C=O) groups excluding carboxylic acids is 1. The summed E-state index contributed by atoms with van der Waals surface area (Å²) < 4.78 is 6.04. The van der Waals surface area contributed by atoms with Gasteiger partial charge in [-0.15, -0.1) is 0 Å². The van der Waals surface area contributed by atoms with Gasteiger partial charge in [-0.05, 0) is 101 Å². The highest BCUT2D eigenvalue weighted by Gasteiger charge is 2.39. The van der Waals surface area contributed by atoms with Gasteiger partial charge in [0, 0.05) is 0 Å². The molecule has 200 valence electrons. The molecule has 0 amide bonds. The summed E-state index contributed by atoms with van der Waals surface area (Å²) >= 11 is 0. The van der Waals surface area contributed by atoms with Gasteiger partial charge in [0.15, 0.2) is 0 Å². The lowest BCUT2D eigenvalue weighted by atomic mass is 9.64. The monoisotopic (exact) mass is 485 g/mol. The van der Waals surface area contributed by atoms with E-state index in [9.17, 15) is 10.1 Å². The molecule has 3 heteroatoms. The Morgan fingerprint density at radius 1 is 0.771 bits per heavy atom. The van der Waals surface area contributed by atoms with Gasteiger partial charge in [-0.1, -0.05) is 71.6 Å². The average Bonchev–Trinajstić information content (AvgIpc) is 2.90. The number of nitrogens with zero attached hydrogens (tertiary/aromatic N) is 1. The Kier molecular flexibility index (Phi) is 12.4. The van der Waals surface area contributed by atoms with E-state index in [1.165, 1.54) is 96.3 Å². The van der Waals surface area contributed by atoms with Gasteiger partial charge in [0.2, 0.25) is 0 Å². The molecule has 0 aromatic carbocycles. The van der Waals surface area contributed by atoms with E-state index < -0.39 is 0 Å². The van der Waals surface area contributed by atoms with Crippen molar-refractivity contribution in [1.29, 1.82) is 5.26 Å². The Morgan fingerprint density at radius 2 is 1.37 bits per heavy atom. The minimum Gasteiger partial charge on any atom is -0.462 e. The van der Waals surface area contributed by atoms with Crippen LogP contribution < -0.4 is 0 Å². The highest BCUT2D eigenvalue weighted by Crippen LogP contribution is 2.47. The van der Waals surface area contributed by atoms with Crippen LogP contribution in [0.2, 0.25) is 0 Å². The second-order valence-electron chi connectivity index (χ2n) is 12.6. The fraction of sp³-hybridized carbons (Fsp3) is 0.938. The Balaban J connectivity index is 1.31. The molecule has 0 N–H and O–H groups in total.